The van der Waals surface area contributed by atoms with Gasteiger partial charge in [0, 0.05) is 6.42 Å². The van der Waals surface area contributed by atoms with Gasteiger partial charge in [-0.05, 0) is 97.2 Å². The number of carbonyl (C=O) groups is 1. The number of halogens is 1. The fourth-order valence-corrected chi connectivity index (χ4v) is 9.97. The van der Waals surface area contributed by atoms with Crippen LogP contribution in [0.25, 0.3) is 0 Å². The highest BCUT2D eigenvalue weighted by Crippen LogP contribution is 2.68. The molecular formula is C27H45BrO. The van der Waals surface area contributed by atoms with Gasteiger partial charge >= 0.3 is 0 Å². The van der Waals surface area contributed by atoms with E-state index >= 15 is 0 Å². The summed E-state index contributed by atoms with van der Waals surface area (Å²) in [5.41, 5.74) is 0.979. The minimum atomic E-state index is 0.119. The van der Waals surface area contributed by atoms with Crippen LogP contribution in [0.5, 0.6) is 0 Å². The van der Waals surface area contributed by atoms with E-state index in [-0.39, 0.29) is 4.83 Å². The van der Waals surface area contributed by atoms with Crippen molar-refractivity contribution in [2.45, 2.75) is 110 Å². The molecule has 166 valence electrons. The molecule has 4 fully saturated rings. The van der Waals surface area contributed by atoms with Crippen LogP contribution in [0.1, 0.15) is 105 Å². The maximum absolute atomic E-state index is 12.4. The van der Waals surface area contributed by atoms with Gasteiger partial charge in [0.15, 0.2) is 0 Å². The molecule has 0 heterocycles. The van der Waals surface area contributed by atoms with Crippen LogP contribution in [0.4, 0.5) is 0 Å². The van der Waals surface area contributed by atoms with Crippen LogP contribution in [0, 0.1) is 52.3 Å². The summed E-state index contributed by atoms with van der Waals surface area (Å²) < 4.78 is 0. The minimum absolute atomic E-state index is 0.119. The normalized spacial score (nSPS) is 48.2. The number of alkyl halides is 1. The fraction of sp³-hybridized carbons (Fsp3) is 0.963. The lowest BCUT2D eigenvalue weighted by Crippen LogP contribution is -2.55. The summed E-state index contributed by atoms with van der Waals surface area (Å²) >= 11 is 3.75. The first kappa shape index (κ1) is 22.3. The summed E-state index contributed by atoms with van der Waals surface area (Å²) in [6.07, 6.45) is 14.7. The van der Waals surface area contributed by atoms with Gasteiger partial charge < -0.3 is 0 Å². The van der Waals surface area contributed by atoms with Crippen LogP contribution in [0.2, 0.25) is 0 Å². The largest absolute Gasteiger partial charge is 0.298 e. The van der Waals surface area contributed by atoms with Gasteiger partial charge in [0.2, 0.25) is 0 Å². The van der Waals surface area contributed by atoms with Crippen molar-refractivity contribution in [3.05, 3.63) is 0 Å². The summed E-state index contributed by atoms with van der Waals surface area (Å²) in [6.45, 7) is 12.6. The second-order valence-corrected chi connectivity index (χ2v) is 13.6. The van der Waals surface area contributed by atoms with E-state index in [0.717, 1.165) is 48.3 Å². The summed E-state index contributed by atoms with van der Waals surface area (Å²) in [7, 11) is 0. The Morgan fingerprint density at radius 2 is 1.69 bits per heavy atom. The zero-order valence-corrected chi connectivity index (χ0v) is 21.3. The molecule has 0 unspecified atom stereocenters. The van der Waals surface area contributed by atoms with Crippen molar-refractivity contribution in [2.75, 3.05) is 0 Å². The predicted molar refractivity (Wildman–Crippen MR) is 126 cm³/mol. The van der Waals surface area contributed by atoms with Crippen molar-refractivity contribution in [1.29, 1.82) is 0 Å². The van der Waals surface area contributed by atoms with E-state index in [0.29, 0.717) is 22.5 Å². The van der Waals surface area contributed by atoms with Gasteiger partial charge in [-0.2, -0.15) is 0 Å². The van der Waals surface area contributed by atoms with E-state index in [1.54, 1.807) is 0 Å². The second kappa shape index (κ2) is 8.25. The molecule has 0 aliphatic heterocycles. The van der Waals surface area contributed by atoms with Crippen LogP contribution in [-0.4, -0.2) is 10.6 Å². The van der Waals surface area contributed by atoms with Crippen LogP contribution >= 0.6 is 15.9 Å². The average molecular weight is 466 g/mol. The standard InChI is InChI=1S/C27H45BrO/c1-17(2)7-6-8-18(3)21-11-12-22-20-10-9-19-15-25(29)24(28)16-27(19,5)23(20)13-14-26(21,22)4/h17-24H,6-16H2,1-5H3/t18-,19+,20+,21+,22-,23-,24-,26+,27+/m1/s1. The highest BCUT2D eigenvalue weighted by molar-refractivity contribution is 9.10. The van der Waals surface area contributed by atoms with Crippen molar-refractivity contribution in [1.82, 2.24) is 0 Å². The molecule has 4 rings (SSSR count). The van der Waals surface area contributed by atoms with Crippen molar-refractivity contribution in [3.63, 3.8) is 0 Å². The molecule has 0 aromatic rings. The van der Waals surface area contributed by atoms with Crippen molar-refractivity contribution < 1.29 is 4.79 Å². The molecule has 0 bridgehead atoms. The Labute approximate surface area is 188 Å². The molecule has 0 saturated heterocycles. The van der Waals surface area contributed by atoms with Crippen molar-refractivity contribution in [3.8, 4) is 0 Å². The SMILES string of the molecule is CC(C)CCC[C@@H](C)[C@@H]1CC[C@@H]2[C@@H]3CC[C@H]4CC(=O)[C@H](Br)C[C@]4(C)[C@@H]3CC[C@]21C. The zero-order chi connectivity index (χ0) is 21.0. The zero-order valence-electron chi connectivity index (χ0n) is 19.7. The van der Waals surface area contributed by atoms with Crippen LogP contribution in [-0.2, 0) is 4.79 Å². The molecule has 2 heteroatoms. The smallest absolute Gasteiger partial charge is 0.146 e. The van der Waals surface area contributed by atoms with Gasteiger partial charge in [-0.15, -0.1) is 0 Å². The van der Waals surface area contributed by atoms with E-state index in [4.69, 9.17) is 0 Å². The first-order chi connectivity index (χ1) is 13.7. The predicted octanol–water partition coefficient (Wildman–Crippen LogP) is 8.05. The molecule has 0 aromatic carbocycles. The number of ketones is 1. The summed E-state index contributed by atoms with van der Waals surface area (Å²) in [4.78, 5) is 12.5. The monoisotopic (exact) mass is 464 g/mol. The molecule has 4 aliphatic carbocycles. The van der Waals surface area contributed by atoms with E-state index in [1.807, 2.05) is 0 Å². The molecule has 0 aromatic heterocycles. The number of carbonyl (C=O) groups excluding carboxylic acids is 1. The molecule has 29 heavy (non-hydrogen) atoms. The summed E-state index contributed by atoms with van der Waals surface area (Å²) in [5.74, 6) is 6.56. The van der Waals surface area contributed by atoms with E-state index in [1.165, 1.54) is 57.8 Å². The number of hydrogen-bond donors (Lipinski definition) is 0. The molecule has 0 N–H and O–H groups in total. The van der Waals surface area contributed by atoms with Gasteiger partial charge in [0.05, 0.1) is 4.83 Å². The quantitative estimate of drug-likeness (QED) is 0.375. The second-order valence-electron chi connectivity index (χ2n) is 12.5. The summed E-state index contributed by atoms with van der Waals surface area (Å²) in [6, 6.07) is 0. The first-order valence-corrected chi connectivity index (χ1v) is 13.7. The molecular weight excluding hydrogens is 420 g/mol. The third-order valence-electron chi connectivity index (χ3n) is 10.7. The van der Waals surface area contributed by atoms with Gasteiger partial charge in [-0.1, -0.05) is 69.8 Å². The van der Waals surface area contributed by atoms with Crippen LogP contribution in [0.15, 0.2) is 0 Å². The number of fused-ring (bicyclic) bond motifs is 5. The molecule has 0 radical (unpaired) electrons. The maximum atomic E-state index is 12.4. The molecule has 4 saturated carbocycles. The lowest BCUT2D eigenvalue weighted by molar-refractivity contribution is -0.139. The van der Waals surface area contributed by atoms with E-state index < -0.39 is 0 Å². The topological polar surface area (TPSA) is 17.1 Å². The highest BCUT2D eigenvalue weighted by atomic mass is 79.9. The third kappa shape index (κ3) is 3.80. The van der Waals surface area contributed by atoms with Gasteiger partial charge in [0.25, 0.3) is 0 Å². The third-order valence-corrected chi connectivity index (χ3v) is 11.5. The van der Waals surface area contributed by atoms with Crippen molar-refractivity contribution >= 4 is 21.7 Å². The van der Waals surface area contributed by atoms with E-state index in [9.17, 15) is 4.79 Å². The molecule has 9 atom stereocenters. The average Bonchev–Trinajstić information content (AvgIpc) is 3.00. The Hall–Kier alpha value is 0.150. The minimum Gasteiger partial charge on any atom is -0.298 e. The number of hydrogen-bond acceptors (Lipinski definition) is 1. The van der Waals surface area contributed by atoms with E-state index in [2.05, 4.69) is 50.5 Å². The molecule has 1 nitrogen and oxygen atoms in total. The molecule has 0 spiro atoms. The van der Waals surface area contributed by atoms with Gasteiger partial charge in [-0.3, -0.25) is 4.79 Å². The Bertz CT molecular complexity index is 614. The number of Topliss-reactive ketones (excluding diaryl/α,β-unsaturated/α-hetero) is 1. The van der Waals surface area contributed by atoms with Crippen LogP contribution < -0.4 is 0 Å². The van der Waals surface area contributed by atoms with Gasteiger partial charge in [0.1, 0.15) is 5.78 Å². The Kier molecular flexibility index (Phi) is 6.36. The number of rotatable bonds is 5. The lowest BCUT2D eigenvalue weighted by Gasteiger charge is -2.61. The van der Waals surface area contributed by atoms with Crippen LogP contribution in [0.3, 0.4) is 0 Å². The Balaban J connectivity index is 1.48. The fourth-order valence-electron chi connectivity index (χ4n) is 9.08. The molecule has 0 amide bonds. The van der Waals surface area contributed by atoms with Gasteiger partial charge in [-0.25, -0.2) is 0 Å². The first-order valence-electron chi connectivity index (χ1n) is 12.8. The Morgan fingerprint density at radius 1 is 0.966 bits per heavy atom. The summed E-state index contributed by atoms with van der Waals surface area (Å²) in [5, 5.41) is 0. The maximum Gasteiger partial charge on any atom is 0.146 e. The Morgan fingerprint density at radius 3 is 2.41 bits per heavy atom. The van der Waals surface area contributed by atoms with Crippen molar-refractivity contribution in [2.24, 2.45) is 52.3 Å². The lowest BCUT2D eigenvalue weighted by atomic mass is 9.44. The highest BCUT2D eigenvalue weighted by Gasteiger charge is 2.61. The molecule has 4 aliphatic rings.